The van der Waals surface area contributed by atoms with Gasteiger partial charge in [-0.25, -0.2) is 9.96 Å². The predicted octanol–water partition coefficient (Wildman–Crippen LogP) is 5.15. The van der Waals surface area contributed by atoms with Crippen molar-refractivity contribution in [3.05, 3.63) is 82.3 Å². The molecule has 7 nitrogen and oxygen atoms in total. The topological polar surface area (TPSA) is 79.3 Å². The van der Waals surface area contributed by atoms with Gasteiger partial charge in [-0.3, -0.25) is 14.4 Å². The van der Waals surface area contributed by atoms with Crippen molar-refractivity contribution in [1.29, 1.82) is 0 Å². The molecule has 0 radical (unpaired) electrons. The highest BCUT2D eigenvalue weighted by Crippen LogP contribution is 2.51. The highest BCUT2D eigenvalue weighted by Gasteiger charge is 2.60. The Balaban J connectivity index is 1.58. The Morgan fingerprint density at radius 3 is 2.35 bits per heavy atom. The largest absolute Gasteiger partial charge is 0.506 e. The number of halogens is 2. The zero-order valence-electron chi connectivity index (χ0n) is 18.0. The van der Waals surface area contributed by atoms with Crippen LogP contribution in [0.5, 0.6) is 11.5 Å². The van der Waals surface area contributed by atoms with Gasteiger partial charge < -0.3 is 9.84 Å². The third-order valence-electron chi connectivity index (χ3n) is 5.91. The summed E-state index contributed by atoms with van der Waals surface area (Å²) in [5, 5.41) is 12.6. The second-order valence-electron chi connectivity index (χ2n) is 7.92. The average Bonchev–Trinajstić information content (AvgIpc) is 3.34. The van der Waals surface area contributed by atoms with Crippen LogP contribution in [0.15, 0.2) is 66.7 Å². The van der Waals surface area contributed by atoms with E-state index in [2.05, 4.69) is 0 Å². The maximum Gasteiger partial charge on any atom is 0.266 e. The normalized spacial score (nSPS) is 21.8. The fourth-order valence-electron chi connectivity index (χ4n) is 4.45. The van der Waals surface area contributed by atoms with Crippen LogP contribution in [-0.4, -0.2) is 29.6 Å². The number of phenols is 1. The van der Waals surface area contributed by atoms with Crippen LogP contribution >= 0.6 is 23.2 Å². The molecule has 5 rings (SSSR count). The van der Waals surface area contributed by atoms with Crippen LogP contribution < -0.4 is 14.7 Å². The summed E-state index contributed by atoms with van der Waals surface area (Å²) in [5.74, 6) is -1.46. The minimum Gasteiger partial charge on any atom is -0.506 e. The molecule has 2 heterocycles. The zero-order chi connectivity index (χ0) is 24.0. The first-order chi connectivity index (χ1) is 16.4. The number of para-hydroxylation sites is 1. The van der Waals surface area contributed by atoms with Crippen LogP contribution in [0.25, 0.3) is 0 Å². The Kier molecular flexibility index (Phi) is 5.85. The van der Waals surface area contributed by atoms with Gasteiger partial charge in [0.2, 0.25) is 5.91 Å². The SMILES string of the molecule is CCOc1ccc(N2C(=O)[C@@H]3[C@H](ON(c4ccccc4)[C@H]3c3cc(Cl)cc(Cl)c3O)C2=O)cc1. The number of aromatic hydroxyl groups is 1. The van der Waals surface area contributed by atoms with Gasteiger partial charge in [0.1, 0.15) is 17.4 Å². The summed E-state index contributed by atoms with van der Waals surface area (Å²) in [4.78, 5) is 34.2. The van der Waals surface area contributed by atoms with Gasteiger partial charge in [0.25, 0.3) is 5.91 Å². The van der Waals surface area contributed by atoms with Gasteiger partial charge in [-0.2, -0.15) is 0 Å². The first kappa shape index (κ1) is 22.5. The number of hydrogen-bond donors (Lipinski definition) is 1. The summed E-state index contributed by atoms with van der Waals surface area (Å²) in [5.41, 5.74) is 1.32. The van der Waals surface area contributed by atoms with E-state index in [1.165, 1.54) is 17.2 Å². The second-order valence-corrected chi connectivity index (χ2v) is 8.77. The predicted molar refractivity (Wildman–Crippen MR) is 128 cm³/mol. The summed E-state index contributed by atoms with van der Waals surface area (Å²) in [7, 11) is 0. The van der Waals surface area contributed by atoms with Gasteiger partial charge in [0.05, 0.1) is 29.0 Å². The lowest BCUT2D eigenvalue weighted by Crippen LogP contribution is -2.37. The van der Waals surface area contributed by atoms with Crippen LogP contribution in [0, 0.1) is 5.92 Å². The Morgan fingerprint density at radius 1 is 0.971 bits per heavy atom. The molecular formula is C25H20Cl2N2O5. The molecule has 3 aromatic carbocycles. The number of hydroxylamine groups is 1. The van der Waals surface area contributed by atoms with Crippen molar-refractivity contribution in [1.82, 2.24) is 0 Å². The lowest BCUT2D eigenvalue weighted by Gasteiger charge is -2.29. The molecule has 2 fully saturated rings. The summed E-state index contributed by atoms with van der Waals surface area (Å²) in [6, 6.07) is 17.8. The molecule has 2 amide bonds. The number of fused-ring (bicyclic) bond motifs is 1. The number of nitrogens with zero attached hydrogens (tertiary/aromatic N) is 2. The molecule has 0 aromatic heterocycles. The number of phenolic OH excluding ortho intramolecular Hbond substituents is 1. The number of hydrogen-bond acceptors (Lipinski definition) is 6. The summed E-state index contributed by atoms with van der Waals surface area (Å²) < 4.78 is 5.45. The summed E-state index contributed by atoms with van der Waals surface area (Å²) in [6.45, 7) is 2.37. The first-order valence-corrected chi connectivity index (χ1v) is 11.5. The van der Waals surface area contributed by atoms with Crippen LogP contribution in [-0.2, 0) is 14.4 Å². The van der Waals surface area contributed by atoms with Crippen molar-refractivity contribution in [3.8, 4) is 11.5 Å². The van der Waals surface area contributed by atoms with Crippen molar-refractivity contribution in [2.24, 2.45) is 5.92 Å². The first-order valence-electron chi connectivity index (χ1n) is 10.7. The second kappa shape index (κ2) is 8.83. The Hall–Kier alpha value is -3.26. The van der Waals surface area contributed by atoms with E-state index in [0.717, 1.165) is 4.90 Å². The van der Waals surface area contributed by atoms with E-state index in [9.17, 15) is 14.7 Å². The highest BCUT2D eigenvalue weighted by molar-refractivity contribution is 6.35. The van der Waals surface area contributed by atoms with Crippen molar-refractivity contribution >= 4 is 46.4 Å². The number of imide groups is 1. The van der Waals surface area contributed by atoms with E-state index < -0.39 is 29.9 Å². The van der Waals surface area contributed by atoms with E-state index in [1.54, 1.807) is 36.4 Å². The number of amides is 2. The van der Waals surface area contributed by atoms with Crippen LogP contribution in [0.1, 0.15) is 18.5 Å². The van der Waals surface area contributed by atoms with Gasteiger partial charge in [0.15, 0.2) is 6.10 Å². The molecule has 174 valence electrons. The average molecular weight is 499 g/mol. The minimum atomic E-state index is -1.08. The molecule has 2 saturated heterocycles. The summed E-state index contributed by atoms with van der Waals surface area (Å²) in [6.07, 6.45) is -1.08. The van der Waals surface area contributed by atoms with Crippen molar-refractivity contribution in [2.75, 3.05) is 16.6 Å². The molecule has 3 atom stereocenters. The van der Waals surface area contributed by atoms with E-state index in [-0.39, 0.29) is 15.8 Å². The summed E-state index contributed by atoms with van der Waals surface area (Å²) >= 11 is 12.4. The number of anilines is 2. The van der Waals surface area contributed by atoms with E-state index >= 15 is 0 Å². The van der Waals surface area contributed by atoms with Gasteiger partial charge in [-0.15, -0.1) is 0 Å². The molecule has 0 saturated carbocycles. The quantitative estimate of drug-likeness (QED) is 0.490. The Morgan fingerprint density at radius 2 is 1.68 bits per heavy atom. The molecule has 0 unspecified atom stereocenters. The van der Waals surface area contributed by atoms with Gasteiger partial charge in [-0.1, -0.05) is 41.4 Å². The molecule has 2 aliphatic rings. The van der Waals surface area contributed by atoms with Crippen molar-refractivity contribution in [3.63, 3.8) is 0 Å². The maximum absolute atomic E-state index is 13.7. The van der Waals surface area contributed by atoms with Crippen molar-refractivity contribution < 1.29 is 24.3 Å². The smallest absolute Gasteiger partial charge is 0.266 e. The van der Waals surface area contributed by atoms with Gasteiger partial charge in [-0.05, 0) is 55.5 Å². The van der Waals surface area contributed by atoms with E-state index in [0.29, 0.717) is 29.3 Å². The fraction of sp³-hybridized carbons (Fsp3) is 0.200. The monoisotopic (exact) mass is 498 g/mol. The van der Waals surface area contributed by atoms with Gasteiger partial charge in [0, 0.05) is 10.6 Å². The van der Waals surface area contributed by atoms with E-state index in [1.807, 2.05) is 25.1 Å². The molecule has 2 aliphatic heterocycles. The fourth-order valence-corrected chi connectivity index (χ4v) is 4.96. The molecule has 0 aliphatic carbocycles. The number of carbonyl (C=O) groups excluding carboxylic acids is 2. The lowest BCUT2D eigenvalue weighted by atomic mass is 9.90. The molecule has 0 spiro atoms. The van der Waals surface area contributed by atoms with Crippen LogP contribution in [0.2, 0.25) is 10.0 Å². The molecule has 34 heavy (non-hydrogen) atoms. The standard InChI is InChI=1S/C25H20Cl2N2O5/c1-2-33-17-10-8-15(9-11-17)28-24(31)20-21(18-12-14(26)13-19(27)22(18)30)29(34-23(20)25(28)32)16-6-4-3-5-7-16/h3-13,20-21,23,30H,2H2,1H3/t20-,21-,23-/m0/s1. The van der Waals surface area contributed by atoms with E-state index in [4.69, 9.17) is 32.8 Å². The molecule has 9 heteroatoms. The van der Waals surface area contributed by atoms with Crippen LogP contribution in [0.3, 0.4) is 0 Å². The highest BCUT2D eigenvalue weighted by atomic mass is 35.5. The number of carbonyl (C=O) groups is 2. The molecule has 1 N–H and O–H groups in total. The number of ether oxygens (including phenoxy) is 1. The van der Waals surface area contributed by atoms with Crippen molar-refractivity contribution in [2.45, 2.75) is 19.1 Å². The van der Waals surface area contributed by atoms with Gasteiger partial charge >= 0.3 is 0 Å². The number of benzene rings is 3. The lowest BCUT2D eigenvalue weighted by molar-refractivity contribution is -0.126. The molecule has 3 aromatic rings. The third-order valence-corrected chi connectivity index (χ3v) is 6.41. The molecule has 0 bridgehead atoms. The third kappa shape index (κ3) is 3.66. The number of rotatable bonds is 5. The maximum atomic E-state index is 13.7. The minimum absolute atomic E-state index is 0.0408. The van der Waals surface area contributed by atoms with Crippen LogP contribution in [0.4, 0.5) is 11.4 Å². The zero-order valence-corrected chi connectivity index (χ0v) is 19.5. The Labute approximate surface area is 206 Å². The molecular weight excluding hydrogens is 479 g/mol. The Bertz CT molecular complexity index is 1250.